The van der Waals surface area contributed by atoms with E-state index in [9.17, 15) is 4.79 Å². The zero-order chi connectivity index (χ0) is 19.8. The summed E-state index contributed by atoms with van der Waals surface area (Å²) in [6, 6.07) is 18.7. The minimum atomic E-state index is -0.357. The zero-order valence-electron chi connectivity index (χ0n) is 16.9. The average Bonchev–Trinajstić information content (AvgIpc) is 3.19. The second-order valence-corrected chi connectivity index (χ2v) is 8.42. The van der Waals surface area contributed by atoms with Crippen LogP contribution in [0.25, 0.3) is 10.9 Å². The van der Waals surface area contributed by atoms with Crippen molar-refractivity contribution in [2.24, 2.45) is 7.05 Å². The van der Waals surface area contributed by atoms with Gasteiger partial charge in [0.05, 0.1) is 6.54 Å². The Morgan fingerprint density at radius 2 is 1.90 bits per heavy atom. The van der Waals surface area contributed by atoms with Crippen molar-refractivity contribution < 1.29 is 9.53 Å². The third-order valence-electron chi connectivity index (χ3n) is 6.39. The van der Waals surface area contributed by atoms with Gasteiger partial charge in [0.2, 0.25) is 0 Å². The van der Waals surface area contributed by atoms with Crippen LogP contribution in [-0.2, 0) is 18.3 Å². The monoisotopic (exact) mass is 389 g/mol. The number of rotatable bonds is 3. The lowest BCUT2D eigenvalue weighted by molar-refractivity contribution is 0.0443. The third-order valence-corrected chi connectivity index (χ3v) is 6.39. The number of aryl methyl sites for hydroxylation is 1. The van der Waals surface area contributed by atoms with Gasteiger partial charge in [0.25, 0.3) is 0 Å². The van der Waals surface area contributed by atoms with E-state index in [1.54, 1.807) is 4.90 Å². The summed E-state index contributed by atoms with van der Waals surface area (Å²) in [6.07, 6.45) is 4.75. The summed E-state index contributed by atoms with van der Waals surface area (Å²) in [5.41, 5.74) is 3.18. The third kappa shape index (κ3) is 3.51. The summed E-state index contributed by atoms with van der Waals surface area (Å²) in [6.45, 7) is 3.57. The Kier molecular flexibility index (Phi) is 4.55. The van der Waals surface area contributed by atoms with Crippen LogP contribution in [0.3, 0.4) is 0 Å². The zero-order valence-corrected chi connectivity index (χ0v) is 16.9. The van der Waals surface area contributed by atoms with Crippen LogP contribution >= 0.6 is 0 Å². The van der Waals surface area contributed by atoms with Crippen LogP contribution in [-0.4, -0.2) is 40.8 Å². The lowest BCUT2D eigenvalue weighted by Crippen LogP contribution is -2.36. The van der Waals surface area contributed by atoms with Crippen LogP contribution in [0.15, 0.2) is 60.8 Å². The molecule has 0 radical (unpaired) electrons. The molecule has 2 saturated heterocycles. The number of aromatic nitrogens is 1. The lowest BCUT2D eigenvalue weighted by atomic mass is 9.95. The molecule has 29 heavy (non-hydrogen) atoms. The summed E-state index contributed by atoms with van der Waals surface area (Å²) < 4.78 is 8.13. The molecular formula is C24H27N3O2. The average molecular weight is 389 g/mol. The number of anilines is 1. The molecule has 0 aliphatic carbocycles. The second kappa shape index (κ2) is 7.23. The van der Waals surface area contributed by atoms with Crippen molar-refractivity contribution in [2.75, 3.05) is 24.5 Å². The number of nitrogens with zero attached hydrogens (tertiary/aromatic N) is 3. The van der Waals surface area contributed by atoms with Crippen molar-refractivity contribution in [1.29, 1.82) is 0 Å². The van der Waals surface area contributed by atoms with E-state index in [2.05, 4.69) is 47.0 Å². The van der Waals surface area contributed by atoms with Gasteiger partial charge >= 0.3 is 6.09 Å². The molecule has 2 aromatic carbocycles. The van der Waals surface area contributed by atoms with Crippen LogP contribution in [0.2, 0.25) is 0 Å². The predicted octanol–water partition coefficient (Wildman–Crippen LogP) is 4.56. The number of hydrogen-bond acceptors (Lipinski definition) is 3. The molecular weight excluding hydrogens is 362 g/mol. The first-order valence-corrected chi connectivity index (χ1v) is 10.4. The van der Waals surface area contributed by atoms with Crippen LogP contribution in [0.4, 0.5) is 10.5 Å². The van der Waals surface area contributed by atoms with Gasteiger partial charge in [0.15, 0.2) is 0 Å². The van der Waals surface area contributed by atoms with Crippen molar-refractivity contribution in [2.45, 2.75) is 31.4 Å². The molecule has 1 atom stereocenters. The van der Waals surface area contributed by atoms with Crippen LogP contribution < -0.4 is 4.90 Å². The topological polar surface area (TPSA) is 37.7 Å². The molecule has 5 rings (SSSR count). The standard InChI is InChI=1S/C24H27N3O2/c1-25-14-10-20-9-8-19(16-22(20)25)17-26-13-5-11-24(12-15-26)18-27(23(28)29-24)21-6-3-2-4-7-21/h2-4,6-10,14,16H,5,11-13,15,17-18H2,1H3. The fourth-order valence-electron chi connectivity index (χ4n) is 4.74. The largest absolute Gasteiger partial charge is 0.441 e. The van der Waals surface area contributed by atoms with Gasteiger partial charge in [0.1, 0.15) is 5.60 Å². The van der Waals surface area contributed by atoms with Crippen molar-refractivity contribution in [3.8, 4) is 0 Å². The van der Waals surface area contributed by atoms with E-state index in [0.29, 0.717) is 6.54 Å². The quantitative estimate of drug-likeness (QED) is 0.659. The highest BCUT2D eigenvalue weighted by molar-refractivity contribution is 5.90. The van der Waals surface area contributed by atoms with E-state index in [4.69, 9.17) is 4.74 Å². The molecule has 3 aromatic rings. The van der Waals surface area contributed by atoms with Gasteiger partial charge in [0, 0.05) is 44.0 Å². The normalized spacial score (nSPS) is 22.9. The van der Waals surface area contributed by atoms with E-state index >= 15 is 0 Å². The maximum Gasteiger partial charge on any atom is 0.415 e. The van der Waals surface area contributed by atoms with Crippen molar-refractivity contribution in [3.63, 3.8) is 0 Å². The SMILES string of the molecule is Cn1ccc2ccc(CN3CCCC4(CC3)CN(c3ccccc3)C(=O)O4)cc21. The number of fused-ring (bicyclic) bond motifs is 1. The maximum atomic E-state index is 12.6. The summed E-state index contributed by atoms with van der Waals surface area (Å²) in [5, 5.41) is 1.28. The first-order chi connectivity index (χ1) is 14.1. The Bertz CT molecular complexity index is 1030. The molecule has 0 saturated carbocycles. The van der Waals surface area contributed by atoms with Gasteiger partial charge in [-0.3, -0.25) is 9.80 Å². The second-order valence-electron chi connectivity index (χ2n) is 8.42. The molecule has 1 aromatic heterocycles. The Morgan fingerprint density at radius 1 is 1.03 bits per heavy atom. The van der Waals surface area contributed by atoms with E-state index < -0.39 is 0 Å². The van der Waals surface area contributed by atoms with Crippen LogP contribution in [0, 0.1) is 0 Å². The number of carbonyl (C=O) groups excluding carboxylic acids is 1. The highest BCUT2D eigenvalue weighted by Crippen LogP contribution is 2.36. The molecule has 5 heteroatoms. The predicted molar refractivity (Wildman–Crippen MR) is 115 cm³/mol. The smallest absolute Gasteiger partial charge is 0.415 e. The number of likely N-dealkylation sites (tertiary alicyclic amines) is 1. The van der Waals surface area contributed by atoms with Gasteiger partial charge in [-0.25, -0.2) is 4.79 Å². The van der Waals surface area contributed by atoms with Crippen molar-refractivity contribution in [3.05, 3.63) is 66.4 Å². The summed E-state index contributed by atoms with van der Waals surface area (Å²) in [4.78, 5) is 16.8. The number of para-hydroxylation sites is 1. The Labute approximate surface area is 171 Å². The fourth-order valence-corrected chi connectivity index (χ4v) is 4.74. The molecule has 3 heterocycles. The number of amides is 1. The Morgan fingerprint density at radius 3 is 2.76 bits per heavy atom. The van der Waals surface area contributed by atoms with Gasteiger partial charge in [-0.15, -0.1) is 0 Å². The van der Waals surface area contributed by atoms with E-state index in [1.165, 1.54) is 16.5 Å². The summed E-state index contributed by atoms with van der Waals surface area (Å²) >= 11 is 0. The highest BCUT2D eigenvalue weighted by Gasteiger charge is 2.46. The Balaban J connectivity index is 1.27. The van der Waals surface area contributed by atoms with E-state index in [-0.39, 0.29) is 11.7 Å². The number of hydrogen-bond donors (Lipinski definition) is 0. The molecule has 1 spiro atoms. The van der Waals surface area contributed by atoms with Gasteiger partial charge < -0.3 is 9.30 Å². The van der Waals surface area contributed by atoms with E-state index in [1.807, 2.05) is 30.3 Å². The van der Waals surface area contributed by atoms with Crippen molar-refractivity contribution >= 4 is 22.7 Å². The molecule has 150 valence electrons. The first-order valence-electron chi connectivity index (χ1n) is 10.4. The molecule has 2 fully saturated rings. The number of benzene rings is 2. The molecule has 2 aliphatic heterocycles. The van der Waals surface area contributed by atoms with Gasteiger partial charge in [-0.2, -0.15) is 0 Å². The van der Waals surface area contributed by atoms with Crippen LogP contribution in [0.5, 0.6) is 0 Å². The Hall–Kier alpha value is -2.79. The van der Waals surface area contributed by atoms with E-state index in [0.717, 1.165) is 44.6 Å². The first kappa shape index (κ1) is 18.3. The molecule has 0 N–H and O–H groups in total. The molecule has 1 unspecified atom stereocenters. The summed E-state index contributed by atoms with van der Waals surface area (Å²) in [7, 11) is 2.09. The fraction of sp³-hybridized carbons (Fsp3) is 0.375. The highest BCUT2D eigenvalue weighted by atomic mass is 16.6. The van der Waals surface area contributed by atoms with Crippen LogP contribution in [0.1, 0.15) is 24.8 Å². The van der Waals surface area contributed by atoms with Gasteiger partial charge in [-0.1, -0.05) is 30.3 Å². The lowest BCUT2D eigenvalue weighted by Gasteiger charge is -2.25. The molecule has 0 bridgehead atoms. The van der Waals surface area contributed by atoms with Crippen molar-refractivity contribution in [1.82, 2.24) is 9.47 Å². The number of carbonyl (C=O) groups is 1. The van der Waals surface area contributed by atoms with Gasteiger partial charge in [-0.05, 0) is 54.6 Å². The molecule has 2 aliphatic rings. The number of ether oxygens (including phenoxy) is 1. The molecule has 1 amide bonds. The maximum absolute atomic E-state index is 12.6. The minimum Gasteiger partial charge on any atom is -0.441 e. The minimum absolute atomic E-state index is 0.209. The summed E-state index contributed by atoms with van der Waals surface area (Å²) in [5.74, 6) is 0. The molecule has 5 nitrogen and oxygen atoms in total.